The van der Waals surface area contributed by atoms with E-state index in [4.69, 9.17) is 0 Å². The molecule has 5 heteroatoms. The highest BCUT2D eigenvalue weighted by Gasteiger charge is 2.22. The van der Waals surface area contributed by atoms with Gasteiger partial charge in [0.25, 0.3) is 0 Å². The van der Waals surface area contributed by atoms with Crippen LogP contribution in [0.5, 0.6) is 0 Å². The molecule has 0 amide bonds. The Bertz CT molecular complexity index is 828. The highest BCUT2D eigenvalue weighted by molar-refractivity contribution is 5.55. The predicted molar refractivity (Wildman–Crippen MR) is 102 cm³/mol. The summed E-state index contributed by atoms with van der Waals surface area (Å²) in [5.74, 6) is 1.69. The zero-order valence-electron chi connectivity index (χ0n) is 15.3. The molecule has 1 saturated heterocycles. The van der Waals surface area contributed by atoms with Crippen LogP contribution in [-0.2, 0) is 13.1 Å². The minimum atomic E-state index is 0.640. The summed E-state index contributed by atoms with van der Waals surface area (Å²) in [4.78, 5) is 15.8. The summed E-state index contributed by atoms with van der Waals surface area (Å²) in [6.07, 6.45) is 10.0. The molecule has 4 rings (SSSR count). The molecule has 0 N–H and O–H groups in total. The van der Waals surface area contributed by atoms with Gasteiger partial charge in [0.05, 0.1) is 5.69 Å². The van der Waals surface area contributed by atoms with Crippen LogP contribution in [0.1, 0.15) is 24.2 Å². The van der Waals surface area contributed by atoms with Gasteiger partial charge in [0.1, 0.15) is 5.82 Å². The lowest BCUT2D eigenvalue weighted by molar-refractivity contribution is 0.154. The maximum atomic E-state index is 4.65. The van der Waals surface area contributed by atoms with Crippen molar-refractivity contribution in [2.45, 2.75) is 32.9 Å². The van der Waals surface area contributed by atoms with Gasteiger partial charge in [-0.1, -0.05) is 6.07 Å². The number of aryl methyl sites for hydroxylation is 1. The Kier molecular flexibility index (Phi) is 5.07. The van der Waals surface area contributed by atoms with Crippen LogP contribution in [-0.4, -0.2) is 37.5 Å². The van der Waals surface area contributed by atoms with E-state index in [9.17, 15) is 0 Å². The second kappa shape index (κ2) is 7.79. The number of aromatic nitrogens is 4. The third-order valence-corrected chi connectivity index (χ3v) is 5.15. The summed E-state index contributed by atoms with van der Waals surface area (Å²) in [5.41, 5.74) is 3.51. The zero-order chi connectivity index (χ0) is 17.8. The van der Waals surface area contributed by atoms with Crippen LogP contribution in [0.4, 0.5) is 0 Å². The van der Waals surface area contributed by atoms with Gasteiger partial charge in [0, 0.05) is 55.7 Å². The molecule has 1 aliphatic heterocycles. The molecule has 1 fully saturated rings. The Morgan fingerprint density at radius 2 is 1.96 bits per heavy atom. The van der Waals surface area contributed by atoms with E-state index in [2.05, 4.69) is 43.5 Å². The number of imidazole rings is 1. The van der Waals surface area contributed by atoms with Crippen LogP contribution in [0.15, 0.2) is 55.1 Å². The van der Waals surface area contributed by atoms with Crippen molar-refractivity contribution in [1.82, 2.24) is 24.4 Å². The van der Waals surface area contributed by atoms with Crippen molar-refractivity contribution >= 4 is 0 Å². The van der Waals surface area contributed by atoms with E-state index in [0.29, 0.717) is 5.92 Å². The van der Waals surface area contributed by atoms with Crippen molar-refractivity contribution in [2.75, 3.05) is 13.1 Å². The van der Waals surface area contributed by atoms with Gasteiger partial charge in [-0.25, -0.2) is 4.98 Å². The van der Waals surface area contributed by atoms with Gasteiger partial charge >= 0.3 is 0 Å². The number of likely N-dealkylation sites (tertiary alicyclic amines) is 1. The molecular weight excluding hydrogens is 322 g/mol. The molecule has 0 radical (unpaired) electrons. The quantitative estimate of drug-likeness (QED) is 0.708. The molecule has 4 heterocycles. The fraction of sp³-hybridized carbons (Fsp3) is 0.381. The van der Waals surface area contributed by atoms with Crippen LogP contribution in [0.25, 0.3) is 11.4 Å². The first-order chi connectivity index (χ1) is 12.8. The molecule has 0 saturated carbocycles. The van der Waals surface area contributed by atoms with E-state index in [-0.39, 0.29) is 0 Å². The minimum absolute atomic E-state index is 0.640. The summed E-state index contributed by atoms with van der Waals surface area (Å²) in [6.45, 7) is 6.38. The molecule has 0 aromatic carbocycles. The standard InChI is InChI=1S/C21H25N5/c1-17-13-24-21(19-7-10-22-11-8-19)26(17)15-18-5-4-12-25(14-18)16-20-6-2-3-9-23-20/h2-3,6-11,13,18H,4-5,12,14-16H2,1H3. The van der Waals surface area contributed by atoms with Crippen molar-refractivity contribution in [1.29, 1.82) is 0 Å². The van der Waals surface area contributed by atoms with Gasteiger partial charge in [0.2, 0.25) is 0 Å². The number of rotatable bonds is 5. The van der Waals surface area contributed by atoms with E-state index in [1.165, 1.54) is 18.5 Å². The molecule has 0 bridgehead atoms. The number of hydrogen-bond acceptors (Lipinski definition) is 4. The van der Waals surface area contributed by atoms with Gasteiger partial charge in [0.15, 0.2) is 0 Å². The third kappa shape index (κ3) is 3.83. The Balaban J connectivity index is 1.47. The SMILES string of the molecule is Cc1cnc(-c2ccncc2)n1CC1CCCN(Cc2ccccn2)C1. The van der Waals surface area contributed by atoms with E-state index < -0.39 is 0 Å². The highest BCUT2D eigenvalue weighted by atomic mass is 15.2. The molecule has 1 unspecified atom stereocenters. The first-order valence-electron chi connectivity index (χ1n) is 9.34. The van der Waals surface area contributed by atoms with Crippen LogP contribution >= 0.6 is 0 Å². The van der Waals surface area contributed by atoms with Crippen molar-refractivity contribution in [3.05, 3.63) is 66.5 Å². The summed E-state index contributed by atoms with van der Waals surface area (Å²) >= 11 is 0. The fourth-order valence-electron chi connectivity index (χ4n) is 3.85. The van der Waals surface area contributed by atoms with Crippen LogP contribution in [0.2, 0.25) is 0 Å². The molecule has 1 aliphatic rings. The van der Waals surface area contributed by atoms with E-state index >= 15 is 0 Å². The Hall–Kier alpha value is -2.53. The average Bonchev–Trinajstić information content (AvgIpc) is 3.04. The topological polar surface area (TPSA) is 46.8 Å². The second-order valence-corrected chi connectivity index (χ2v) is 7.13. The lowest BCUT2D eigenvalue weighted by atomic mass is 9.97. The van der Waals surface area contributed by atoms with Crippen LogP contribution < -0.4 is 0 Å². The molecule has 134 valence electrons. The van der Waals surface area contributed by atoms with Gasteiger partial charge in [-0.15, -0.1) is 0 Å². The van der Waals surface area contributed by atoms with Crippen molar-refractivity contribution < 1.29 is 0 Å². The lowest BCUT2D eigenvalue weighted by Crippen LogP contribution is -2.37. The summed E-state index contributed by atoms with van der Waals surface area (Å²) < 4.78 is 2.37. The van der Waals surface area contributed by atoms with Gasteiger partial charge in [-0.3, -0.25) is 14.9 Å². The maximum absolute atomic E-state index is 4.65. The van der Waals surface area contributed by atoms with Gasteiger partial charge < -0.3 is 4.57 Å². The Morgan fingerprint density at radius 1 is 1.08 bits per heavy atom. The summed E-state index contributed by atoms with van der Waals surface area (Å²) in [7, 11) is 0. The van der Waals surface area contributed by atoms with Crippen LogP contribution in [0, 0.1) is 12.8 Å². The highest BCUT2D eigenvalue weighted by Crippen LogP contribution is 2.24. The molecule has 0 spiro atoms. The number of nitrogens with zero attached hydrogens (tertiary/aromatic N) is 5. The van der Waals surface area contributed by atoms with Gasteiger partial charge in [-0.05, 0) is 56.5 Å². The first-order valence-corrected chi connectivity index (χ1v) is 9.34. The maximum Gasteiger partial charge on any atom is 0.140 e. The first kappa shape index (κ1) is 16.9. The molecule has 3 aromatic heterocycles. The largest absolute Gasteiger partial charge is 0.328 e. The number of pyridine rings is 2. The Labute approximate surface area is 154 Å². The molecule has 1 atom stereocenters. The number of piperidine rings is 1. The van der Waals surface area contributed by atoms with Crippen molar-refractivity contribution in [2.24, 2.45) is 5.92 Å². The molecule has 26 heavy (non-hydrogen) atoms. The number of hydrogen-bond donors (Lipinski definition) is 0. The van der Waals surface area contributed by atoms with Crippen molar-refractivity contribution in [3.63, 3.8) is 0 Å². The normalized spacial score (nSPS) is 18.1. The summed E-state index contributed by atoms with van der Waals surface area (Å²) in [5, 5.41) is 0. The minimum Gasteiger partial charge on any atom is -0.328 e. The fourth-order valence-corrected chi connectivity index (χ4v) is 3.85. The Morgan fingerprint density at radius 3 is 2.77 bits per heavy atom. The molecule has 5 nitrogen and oxygen atoms in total. The van der Waals surface area contributed by atoms with Gasteiger partial charge in [-0.2, -0.15) is 0 Å². The van der Waals surface area contributed by atoms with Crippen molar-refractivity contribution in [3.8, 4) is 11.4 Å². The smallest absolute Gasteiger partial charge is 0.140 e. The predicted octanol–water partition coefficient (Wildman–Crippen LogP) is 3.56. The second-order valence-electron chi connectivity index (χ2n) is 7.13. The average molecular weight is 347 g/mol. The lowest BCUT2D eigenvalue weighted by Gasteiger charge is -2.33. The monoisotopic (exact) mass is 347 g/mol. The van der Waals surface area contributed by atoms with E-state index in [1.54, 1.807) is 0 Å². The van der Waals surface area contributed by atoms with E-state index in [1.807, 2.05) is 43.0 Å². The van der Waals surface area contributed by atoms with E-state index in [0.717, 1.165) is 43.3 Å². The van der Waals surface area contributed by atoms with Crippen LogP contribution in [0.3, 0.4) is 0 Å². The molecule has 0 aliphatic carbocycles. The third-order valence-electron chi connectivity index (χ3n) is 5.15. The summed E-state index contributed by atoms with van der Waals surface area (Å²) in [6, 6.07) is 10.2. The molecular formula is C21H25N5. The molecule has 3 aromatic rings. The zero-order valence-corrected chi connectivity index (χ0v) is 15.3.